The highest BCUT2D eigenvalue weighted by molar-refractivity contribution is 14.0. The van der Waals surface area contributed by atoms with E-state index in [0.29, 0.717) is 12.6 Å². The van der Waals surface area contributed by atoms with Crippen molar-refractivity contribution in [2.45, 2.75) is 31.9 Å². The number of ether oxygens (including phenoxy) is 1. The summed E-state index contributed by atoms with van der Waals surface area (Å²) in [4.78, 5) is 23.4. The number of piperazine rings is 1. The average Bonchev–Trinajstić information content (AvgIpc) is 3.29. The highest BCUT2D eigenvalue weighted by atomic mass is 127. The zero-order valence-corrected chi connectivity index (χ0v) is 20.0. The summed E-state index contributed by atoms with van der Waals surface area (Å²) < 4.78 is 5.54. The average molecular weight is 515 g/mol. The molecule has 0 aliphatic carbocycles. The quantitative estimate of drug-likeness (QED) is 0.370. The van der Waals surface area contributed by atoms with Crippen LogP contribution in [0.25, 0.3) is 0 Å². The lowest BCUT2D eigenvalue weighted by Crippen LogP contribution is -2.56. The molecule has 1 aromatic rings. The molecule has 2 fully saturated rings. The maximum Gasteiger partial charge on any atom is 0.251 e. The Bertz CT molecular complexity index is 658. The lowest BCUT2D eigenvalue weighted by Gasteiger charge is -2.38. The molecule has 0 spiro atoms. The van der Waals surface area contributed by atoms with Gasteiger partial charge in [0.05, 0.1) is 0 Å². The summed E-state index contributed by atoms with van der Waals surface area (Å²) >= 11 is 0. The van der Waals surface area contributed by atoms with Crippen molar-refractivity contribution in [3.8, 4) is 0 Å². The van der Waals surface area contributed by atoms with Gasteiger partial charge in [-0.15, -0.1) is 24.0 Å². The van der Waals surface area contributed by atoms with Gasteiger partial charge in [0.2, 0.25) is 0 Å². The zero-order valence-electron chi connectivity index (χ0n) is 17.7. The zero-order chi connectivity index (χ0) is 19.9. The minimum Gasteiger partial charge on any atom is -0.370 e. The fourth-order valence-corrected chi connectivity index (χ4v) is 3.74. The van der Waals surface area contributed by atoms with Gasteiger partial charge in [0.1, 0.15) is 6.10 Å². The summed E-state index contributed by atoms with van der Waals surface area (Å²) in [6.07, 6.45) is 1.62. The first-order valence-corrected chi connectivity index (χ1v) is 10.2. The van der Waals surface area contributed by atoms with Gasteiger partial charge >= 0.3 is 0 Å². The second kappa shape index (κ2) is 11.6. The predicted molar refractivity (Wildman–Crippen MR) is 128 cm³/mol. The number of halogens is 1. The molecule has 162 valence electrons. The number of hydrogen-bond donors (Lipinski definition) is 1. The van der Waals surface area contributed by atoms with Crippen LogP contribution in [-0.4, -0.2) is 87.2 Å². The standard InChI is InChI=1S/C21H33N5O2.HI/c1-17(24(3)18-8-5-4-6-9-18)16-23-21(22-2)26-13-11-25(12-14-26)20(27)19-10-7-15-28-19;/h4-6,8-9,17,19H,7,10-16H2,1-3H3,(H,22,23);1H. The lowest BCUT2D eigenvalue weighted by atomic mass is 10.2. The van der Waals surface area contributed by atoms with Crippen LogP contribution in [0.4, 0.5) is 5.69 Å². The summed E-state index contributed by atoms with van der Waals surface area (Å²) in [5.74, 6) is 1.05. The Balaban J connectivity index is 0.00000300. The largest absolute Gasteiger partial charge is 0.370 e. The number of anilines is 1. The highest BCUT2D eigenvalue weighted by Crippen LogP contribution is 2.16. The first-order chi connectivity index (χ1) is 13.6. The molecule has 0 bridgehead atoms. The van der Waals surface area contributed by atoms with Crippen LogP contribution in [-0.2, 0) is 9.53 Å². The summed E-state index contributed by atoms with van der Waals surface area (Å²) in [5.41, 5.74) is 1.20. The van der Waals surface area contributed by atoms with Crippen LogP contribution in [0.15, 0.2) is 35.3 Å². The normalized spacial score (nSPS) is 20.8. The molecule has 29 heavy (non-hydrogen) atoms. The van der Waals surface area contributed by atoms with Crippen LogP contribution in [0.1, 0.15) is 19.8 Å². The fourth-order valence-electron chi connectivity index (χ4n) is 3.74. The van der Waals surface area contributed by atoms with Crippen LogP contribution in [0, 0.1) is 0 Å². The van der Waals surface area contributed by atoms with E-state index >= 15 is 0 Å². The number of para-hydroxylation sites is 1. The molecule has 2 heterocycles. The molecule has 1 N–H and O–H groups in total. The molecule has 0 saturated carbocycles. The maximum atomic E-state index is 12.5. The van der Waals surface area contributed by atoms with Crippen molar-refractivity contribution >= 4 is 41.5 Å². The molecular weight excluding hydrogens is 481 g/mol. The van der Waals surface area contributed by atoms with Crippen molar-refractivity contribution in [1.29, 1.82) is 0 Å². The number of aliphatic imine (C=N–C) groups is 1. The Hall–Kier alpha value is -1.55. The molecule has 0 radical (unpaired) electrons. The molecule has 1 amide bonds. The number of benzene rings is 1. The van der Waals surface area contributed by atoms with Gasteiger partial charge in [-0.25, -0.2) is 0 Å². The number of carbonyl (C=O) groups is 1. The third-order valence-electron chi connectivity index (χ3n) is 5.69. The van der Waals surface area contributed by atoms with Gasteiger partial charge in [0, 0.05) is 65.2 Å². The van der Waals surface area contributed by atoms with E-state index in [1.54, 1.807) is 0 Å². The minimum absolute atomic E-state index is 0. The van der Waals surface area contributed by atoms with Crippen LogP contribution in [0.3, 0.4) is 0 Å². The summed E-state index contributed by atoms with van der Waals surface area (Å²) in [5, 5.41) is 3.49. The number of amides is 1. The molecule has 0 aromatic heterocycles. The summed E-state index contributed by atoms with van der Waals surface area (Å²) in [6, 6.07) is 10.7. The topological polar surface area (TPSA) is 60.4 Å². The molecule has 2 unspecified atom stereocenters. The molecule has 7 nitrogen and oxygen atoms in total. The highest BCUT2D eigenvalue weighted by Gasteiger charge is 2.31. The lowest BCUT2D eigenvalue weighted by molar-refractivity contribution is -0.142. The fraction of sp³-hybridized carbons (Fsp3) is 0.619. The van der Waals surface area contributed by atoms with Gasteiger partial charge in [-0.3, -0.25) is 9.79 Å². The molecule has 2 saturated heterocycles. The summed E-state index contributed by atoms with van der Waals surface area (Å²) in [7, 11) is 3.93. The van der Waals surface area contributed by atoms with Gasteiger partial charge in [0.15, 0.2) is 5.96 Å². The molecule has 2 aliphatic rings. The van der Waals surface area contributed by atoms with Gasteiger partial charge < -0.3 is 24.8 Å². The van der Waals surface area contributed by atoms with E-state index < -0.39 is 0 Å². The van der Waals surface area contributed by atoms with Gasteiger partial charge in [0.25, 0.3) is 5.91 Å². The number of carbonyl (C=O) groups excluding carboxylic acids is 1. The maximum absolute atomic E-state index is 12.5. The van der Waals surface area contributed by atoms with E-state index in [2.05, 4.69) is 58.3 Å². The van der Waals surface area contributed by atoms with Gasteiger partial charge in [-0.2, -0.15) is 0 Å². The van der Waals surface area contributed by atoms with E-state index in [9.17, 15) is 4.79 Å². The molecule has 3 rings (SSSR count). The molecular formula is C21H34IN5O2. The Kier molecular flexibility index (Phi) is 9.48. The molecule has 2 atom stereocenters. The van der Waals surface area contributed by atoms with Crippen molar-refractivity contribution in [3.05, 3.63) is 30.3 Å². The van der Waals surface area contributed by atoms with Crippen molar-refractivity contribution < 1.29 is 9.53 Å². The summed E-state index contributed by atoms with van der Waals surface area (Å²) in [6.45, 7) is 6.74. The number of nitrogens with zero attached hydrogens (tertiary/aromatic N) is 4. The van der Waals surface area contributed by atoms with E-state index in [0.717, 1.165) is 51.5 Å². The smallest absolute Gasteiger partial charge is 0.251 e. The van der Waals surface area contributed by atoms with Crippen LogP contribution >= 0.6 is 24.0 Å². The number of hydrogen-bond acceptors (Lipinski definition) is 4. The van der Waals surface area contributed by atoms with E-state index in [4.69, 9.17) is 4.74 Å². The first-order valence-electron chi connectivity index (χ1n) is 10.2. The van der Waals surface area contributed by atoms with Crippen molar-refractivity contribution in [1.82, 2.24) is 15.1 Å². The van der Waals surface area contributed by atoms with Crippen molar-refractivity contribution in [2.24, 2.45) is 4.99 Å². The number of nitrogens with one attached hydrogen (secondary N) is 1. The second-order valence-corrected chi connectivity index (χ2v) is 7.54. The first kappa shape index (κ1) is 23.7. The monoisotopic (exact) mass is 515 g/mol. The van der Waals surface area contributed by atoms with Crippen molar-refractivity contribution in [2.75, 3.05) is 58.3 Å². The second-order valence-electron chi connectivity index (χ2n) is 7.54. The Morgan fingerprint density at radius 1 is 1.24 bits per heavy atom. The molecule has 8 heteroatoms. The minimum atomic E-state index is -0.224. The third-order valence-corrected chi connectivity index (χ3v) is 5.69. The van der Waals surface area contributed by atoms with E-state index in [1.165, 1.54) is 5.69 Å². The number of guanidine groups is 1. The van der Waals surface area contributed by atoms with Crippen LogP contribution in [0.5, 0.6) is 0 Å². The van der Waals surface area contributed by atoms with Crippen LogP contribution in [0.2, 0.25) is 0 Å². The molecule has 2 aliphatic heterocycles. The Morgan fingerprint density at radius 3 is 2.48 bits per heavy atom. The third kappa shape index (κ3) is 6.21. The SMILES string of the molecule is CN=C(NCC(C)N(C)c1ccccc1)N1CCN(C(=O)C2CCCO2)CC1.I. The van der Waals surface area contributed by atoms with E-state index in [1.807, 2.05) is 18.0 Å². The van der Waals surface area contributed by atoms with Gasteiger partial charge in [-0.1, -0.05) is 18.2 Å². The Morgan fingerprint density at radius 2 is 1.90 bits per heavy atom. The Labute approximate surface area is 191 Å². The number of rotatable bonds is 5. The van der Waals surface area contributed by atoms with Crippen LogP contribution < -0.4 is 10.2 Å². The van der Waals surface area contributed by atoms with E-state index in [-0.39, 0.29) is 36.0 Å². The van der Waals surface area contributed by atoms with Gasteiger partial charge in [-0.05, 0) is 31.9 Å². The number of likely N-dealkylation sites (N-methyl/N-ethyl adjacent to an activating group) is 1. The predicted octanol–water partition coefficient (Wildman–Crippen LogP) is 2.03. The van der Waals surface area contributed by atoms with Crippen molar-refractivity contribution in [3.63, 3.8) is 0 Å². The molecule has 1 aromatic carbocycles.